The fourth-order valence-corrected chi connectivity index (χ4v) is 5.27. The largest absolute Gasteiger partial charge is 0.288 e. The molecule has 0 unspecified atom stereocenters. The molecule has 0 bridgehead atoms. The Balaban J connectivity index is 2.43. The van der Waals surface area contributed by atoms with Crippen LogP contribution >= 0.6 is 38.9 Å². The van der Waals surface area contributed by atoms with Crippen LogP contribution in [0.25, 0.3) is 0 Å². The monoisotopic (exact) mass is 410 g/mol. The molecule has 0 amide bonds. The first-order chi connectivity index (χ1) is 9.72. The third-order valence-electron chi connectivity index (χ3n) is 2.56. The summed E-state index contributed by atoms with van der Waals surface area (Å²) in [6.07, 6.45) is 0. The van der Waals surface area contributed by atoms with Crippen LogP contribution in [-0.4, -0.2) is 13.3 Å². The van der Waals surface area contributed by atoms with E-state index < -0.39 is 14.9 Å². The molecule has 21 heavy (non-hydrogen) atoms. The SMILES string of the molecule is Cc1cc([N+](=O)[O-])c(Cl)cc1NS(=O)(=O)c1sccc1Br. The number of benzene rings is 1. The minimum Gasteiger partial charge on any atom is -0.279 e. The molecular weight excluding hydrogens is 404 g/mol. The summed E-state index contributed by atoms with van der Waals surface area (Å²) in [6, 6.07) is 4.08. The van der Waals surface area contributed by atoms with Gasteiger partial charge < -0.3 is 0 Å². The van der Waals surface area contributed by atoms with Crippen molar-refractivity contribution in [1.29, 1.82) is 0 Å². The van der Waals surface area contributed by atoms with Gasteiger partial charge in [0.1, 0.15) is 5.02 Å². The molecule has 1 N–H and O–H groups in total. The van der Waals surface area contributed by atoms with Gasteiger partial charge in [-0.2, -0.15) is 0 Å². The summed E-state index contributed by atoms with van der Waals surface area (Å²) in [7, 11) is -3.78. The summed E-state index contributed by atoms with van der Waals surface area (Å²) in [5.74, 6) is 0. The highest BCUT2D eigenvalue weighted by Crippen LogP contribution is 2.34. The molecule has 0 saturated heterocycles. The van der Waals surface area contributed by atoms with Crippen LogP contribution in [0.2, 0.25) is 5.02 Å². The molecule has 1 aromatic heterocycles. The summed E-state index contributed by atoms with van der Waals surface area (Å²) in [5.41, 5.74) is 0.336. The lowest BCUT2D eigenvalue weighted by Crippen LogP contribution is -2.13. The van der Waals surface area contributed by atoms with E-state index in [1.54, 1.807) is 18.4 Å². The normalized spacial score (nSPS) is 11.4. The van der Waals surface area contributed by atoms with Crippen molar-refractivity contribution in [3.05, 3.63) is 48.8 Å². The highest BCUT2D eigenvalue weighted by Gasteiger charge is 2.22. The number of nitro benzene ring substituents is 1. The Labute approximate surface area is 138 Å². The molecule has 0 spiro atoms. The number of aryl methyl sites for hydroxylation is 1. The number of sulfonamides is 1. The predicted molar refractivity (Wildman–Crippen MR) is 85.7 cm³/mol. The number of nitro groups is 1. The van der Waals surface area contributed by atoms with E-state index in [0.717, 1.165) is 11.3 Å². The van der Waals surface area contributed by atoms with Gasteiger partial charge in [-0.15, -0.1) is 11.3 Å². The molecule has 10 heteroatoms. The number of rotatable bonds is 4. The Kier molecular flexibility index (Phi) is 4.57. The lowest BCUT2D eigenvalue weighted by Gasteiger charge is -2.10. The molecule has 0 fully saturated rings. The van der Waals surface area contributed by atoms with Crippen LogP contribution in [0.3, 0.4) is 0 Å². The second-order valence-corrected chi connectivity index (χ2v) is 8.09. The molecule has 0 atom stereocenters. The van der Waals surface area contributed by atoms with Gasteiger partial charge in [-0.25, -0.2) is 8.42 Å². The minimum atomic E-state index is -3.78. The molecule has 0 saturated carbocycles. The second kappa shape index (κ2) is 5.91. The van der Waals surface area contributed by atoms with Crippen molar-refractivity contribution in [1.82, 2.24) is 0 Å². The third-order valence-corrected chi connectivity index (χ3v) is 6.90. The molecule has 2 rings (SSSR count). The topological polar surface area (TPSA) is 89.3 Å². The lowest BCUT2D eigenvalue weighted by atomic mass is 10.2. The molecular formula is C11H8BrClN2O4S2. The zero-order chi connectivity index (χ0) is 15.8. The van der Waals surface area contributed by atoms with Crippen LogP contribution in [0.5, 0.6) is 0 Å². The van der Waals surface area contributed by atoms with E-state index in [0.29, 0.717) is 10.0 Å². The van der Waals surface area contributed by atoms with Crippen LogP contribution < -0.4 is 4.72 Å². The lowest BCUT2D eigenvalue weighted by molar-refractivity contribution is -0.384. The molecule has 112 valence electrons. The van der Waals surface area contributed by atoms with E-state index in [1.807, 2.05) is 0 Å². The van der Waals surface area contributed by atoms with Crippen LogP contribution in [0, 0.1) is 17.0 Å². The van der Waals surface area contributed by atoms with E-state index in [4.69, 9.17) is 11.6 Å². The first-order valence-electron chi connectivity index (χ1n) is 5.42. The van der Waals surface area contributed by atoms with Crippen LogP contribution in [0.15, 0.2) is 32.3 Å². The molecule has 2 aromatic rings. The maximum atomic E-state index is 12.3. The van der Waals surface area contributed by atoms with Crippen molar-refractivity contribution in [2.75, 3.05) is 4.72 Å². The van der Waals surface area contributed by atoms with Crippen molar-refractivity contribution in [3.63, 3.8) is 0 Å². The van der Waals surface area contributed by atoms with Crippen molar-refractivity contribution >= 4 is 60.3 Å². The summed E-state index contributed by atoms with van der Waals surface area (Å²) in [4.78, 5) is 10.2. The van der Waals surface area contributed by atoms with Crippen molar-refractivity contribution in [2.24, 2.45) is 0 Å². The smallest absolute Gasteiger partial charge is 0.279 e. The Morgan fingerprint density at radius 2 is 2.10 bits per heavy atom. The maximum absolute atomic E-state index is 12.3. The number of anilines is 1. The van der Waals surface area contributed by atoms with Crippen LogP contribution in [0.1, 0.15) is 5.56 Å². The van der Waals surface area contributed by atoms with E-state index in [-0.39, 0.29) is 20.6 Å². The van der Waals surface area contributed by atoms with Gasteiger partial charge in [0.15, 0.2) is 4.21 Å². The standard InChI is InChI=1S/C11H8BrClN2O4S2/c1-6-4-10(15(16)17)8(13)5-9(6)14-21(18,19)11-7(12)2-3-20-11/h2-5,14H,1H3. The quantitative estimate of drug-likeness (QED) is 0.603. The van der Waals surface area contributed by atoms with Gasteiger partial charge in [0.2, 0.25) is 0 Å². The summed E-state index contributed by atoms with van der Waals surface area (Å²) < 4.78 is 27.5. The van der Waals surface area contributed by atoms with Gasteiger partial charge in [0, 0.05) is 10.5 Å². The molecule has 0 aliphatic heterocycles. The number of nitrogens with one attached hydrogen (secondary N) is 1. The molecule has 1 aromatic carbocycles. The average Bonchev–Trinajstić information content (AvgIpc) is 2.80. The number of hydrogen-bond acceptors (Lipinski definition) is 5. The Morgan fingerprint density at radius 1 is 1.43 bits per heavy atom. The number of thiophene rings is 1. The van der Waals surface area contributed by atoms with E-state index in [1.165, 1.54) is 12.1 Å². The number of nitrogens with zero attached hydrogens (tertiary/aromatic N) is 1. The van der Waals surface area contributed by atoms with E-state index >= 15 is 0 Å². The molecule has 6 nitrogen and oxygen atoms in total. The maximum Gasteiger partial charge on any atom is 0.288 e. The minimum absolute atomic E-state index is 0.122. The van der Waals surface area contributed by atoms with Gasteiger partial charge in [0.25, 0.3) is 15.7 Å². The highest BCUT2D eigenvalue weighted by atomic mass is 79.9. The van der Waals surface area contributed by atoms with E-state index in [2.05, 4.69) is 20.7 Å². The van der Waals surface area contributed by atoms with Gasteiger partial charge in [-0.1, -0.05) is 11.6 Å². The fourth-order valence-electron chi connectivity index (χ4n) is 1.58. The first-order valence-corrected chi connectivity index (χ1v) is 8.96. The van der Waals surface area contributed by atoms with Crippen molar-refractivity contribution in [3.8, 4) is 0 Å². The Morgan fingerprint density at radius 3 is 2.62 bits per heavy atom. The summed E-state index contributed by atoms with van der Waals surface area (Å²) in [5, 5.41) is 12.3. The van der Waals surface area contributed by atoms with E-state index in [9.17, 15) is 18.5 Å². The van der Waals surface area contributed by atoms with Gasteiger partial charge in [0.05, 0.1) is 10.6 Å². The fraction of sp³-hybridized carbons (Fsp3) is 0.0909. The number of halogens is 2. The van der Waals surface area contributed by atoms with Crippen molar-refractivity contribution in [2.45, 2.75) is 11.1 Å². The average molecular weight is 412 g/mol. The highest BCUT2D eigenvalue weighted by molar-refractivity contribution is 9.10. The predicted octanol–water partition coefficient (Wildman–Crippen LogP) is 4.18. The Bertz CT molecular complexity index is 820. The van der Waals surface area contributed by atoms with Gasteiger partial charge in [-0.05, 0) is 45.9 Å². The third kappa shape index (κ3) is 3.37. The summed E-state index contributed by atoms with van der Waals surface area (Å²) >= 11 is 10.0. The Hall–Kier alpha value is -1.16. The van der Waals surface area contributed by atoms with Crippen molar-refractivity contribution < 1.29 is 13.3 Å². The van der Waals surface area contributed by atoms with Crippen LogP contribution in [0.4, 0.5) is 11.4 Å². The zero-order valence-electron chi connectivity index (χ0n) is 10.5. The molecule has 0 aliphatic rings. The van der Waals surface area contributed by atoms with Gasteiger partial charge in [-0.3, -0.25) is 14.8 Å². The van der Waals surface area contributed by atoms with Crippen LogP contribution in [-0.2, 0) is 10.0 Å². The first kappa shape index (κ1) is 16.2. The molecule has 0 aliphatic carbocycles. The molecule has 0 radical (unpaired) electrons. The summed E-state index contributed by atoms with van der Waals surface area (Å²) in [6.45, 7) is 1.56. The number of hydrogen-bond donors (Lipinski definition) is 1. The second-order valence-electron chi connectivity index (χ2n) is 4.04. The molecule has 1 heterocycles. The zero-order valence-corrected chi connectivity index (χ0v) is 14.4. The van der Waals surface area contributed by atoms with Gasteiger partial charge >= 0.3 is 0 Å².